The van der Waals surface area contributed by atoms with Crippen LogP contribution in [0.25, 0.3) is 16.6 Å². The van der Waals surface area contributed by atoms with Gasteiger partial charge in [0.15, 0.2) is 0 Å². The summed E-state index contributed by atoms with van der Waals surface area (Å²) in [5.74, 6) is 0.448. The van der Waals surface area contributed by atoms with Gasteiger partial charge in [-0.05, 0) is 41.8 Å². The molecule has 0 bridgehead atoms. The number of hydrogen-bond donors (Lipinski definition) is 0. The molecule has 0 spiro atoms. The third-order valence-corrected chi connectivity index (χ3v) is 5.81. The van der Waals surface area contributed by atoms with Crippen molar-refractivity contribution in [2.24, 2.45) is 0 Å². The van der Waals surface area contributed by atoms with E-state index in [-0.39, 0.29) is 11.8 Å². The molecule has 136 valence electrons. The molecule has 0 aliphatic carbocycles. The summed E-state index contributed by atoms with van der Waals surface area (Å²) in [7, 11) is 0. The van der Waals surface area contributed by atoms with Crippen LogP contribution in [-0.4, -0.2) is 20.0 Å². The molecule has 0 N–H and O–H groups in total. The average Bonchev–Trinajstić information content (AvgIpc) is 3.18. The van der Waals surface area contributed by atoms with Crippen molar-refractivity contribution in [3.05, 3.63) is 82.2 Å². The summed E-state index contributed by atoms with van der Waals surface area (Å²) in [5.41, 5.74) is 4.03. The van der Waals surface area contributed by atoms with E-state index >= 15 is 0 Å². The van der Waals surface area contributed by atoms with Crippen molar-refractivity contribution >= 4 is 34.1 Å². The zero-order valence-electron chi connectivity index (χ0n) is 15.0. The summed E-state index contributed by atoms with van der Waals surface area (Å²) >= 11 is 12.1. The van der Waals surface area contributed by atoms with Gasteiger partial charge in [-0.1, -0.05) is 60.5 Å². The molecule has 0 amide bonds. The molecule has 0 fully saturated rings. The summed E-state index contributed by atoms with van der Waals surface area (Å²) < 4.78 is 1.73. The lowest BCUT2D eigenvalue weighted by Gasteiger charge is -2.19. The molecule has 2 unspecified atom stereocenters. The second kappa shape index (κ2) is 7.29. The molecular formula is C21H18Cl2N4. The molecule has 4 aromatic rings. The second-order valence-corrected chi connectivity index (χ2v) is 7.50. The number of halogens is 2. The molecule has 0 saturated carbocycles. The summed E-state index contributed by atoms with van der Waals surface area (Å²) in [6.07, 6.45) is 3.82. The molecular weight excluding hydrogens is 379 g/mol. The fourth-order valence-corrected chi connectivity index (χ4v) is 3.57. The molecule has 27 heavy (non-hydrogen) atoms. The van der Waals surface area contributed by atoms with Crippen molar-refractivity contribution in [3.8, 4) is 5.69 Å². The Kier molecular flexibility index (Phi) is 4.85. The highest BCUT2D eigenvalue weighted by Crippen LogP contribution is 2.35. The Labute approximate surface area is 167 Å². The van der Waals surface area contributed by atoms with Crippen LogP contribution in [0.3, 0.4) is 0 Å². The minimum atomic E-state index is 0.187. The van der Waals surface area contributed by atoms with E-state index in [0.717, 1.165) is 16.9 Å². The second-order valence-electron chi connectivity index (χ2n) is 6.68. The summed E-state index contributed by atoms with van der Waals surface area (Å²) in [4.78, 5) is 4.46. The first-order chi connectivity index (χ1) is 13.0. The Bertz CT molecular complexity index is 1100. The van der Waals surface area contributed by atoms with E-state index in [1.165, 1.54) is 10.9 Å². The number of aromatic nitrogens is 4. The largest absolute Gasteiger partial charge is 0.256 e. The molecule has 0 aliphatic heterocycles. The van der Waals surface area contributed by atoms with Crippen molar-refractivity contribution in [1.29, 1.82) is 0 Å². The Morgan fingerprint density at radius 3 is 2.56 bits per heavy atom. The van der Waals surface area contributed by atoms with Gasteiger partial charge in [0.1, 0.15) is 0 Å². The first kappa shape index (κ1) is 18.0. The Hall–Kier alpha value is -2.43. The molecule has 0 aliphatic rings. The smallest absolute Gasteiger partial charge is 0.0865 e. The third kappa shape index (κ3) is 3.43. The predicted octanol–water partition coefficient (Wildman–Crippen LogP) is 6.03. The maximum atomic E-state index is 6.12. The Balaban J connectivity index is 1.65. The fourth-order valence-electron chi connectivity index (χ4n) is 3.28. The Morgan fingerprint density at radius 2 is 1.74 bits per heavy atom. The molecule has 4 nitrogen and oxygen atoms in total. The van der Waals surface area contributed by atoms with Crippen molar-refractivity contribution < 1.29 is 0 Å². The number of fused-ring (bicyclic) bond motifs is 1. The highest BCUT2D eigenvalue weighted by Gasteiger charge is 2.21. The van der Waals surface area contributed by atoms with E-state index in [1.54, 1.807) is 16.8 Å². The number of rotatable bonds is 4. The van der Waals surface area contributed by atoms with E-state index in [1.807, 2.05) is 36.7 Å². The van der Waals surface area contributed by atoms with Crippen LogP contribution >= 0.6 is 23.2 Å². The van der Waals surface area contributed by atoms with Gasteiger partial charge in [0.05, 0.1) is 33.1 Å². The molecule has 0 saturated heterocycles. The van der Waals surface area contributed by atoms with Crippen LogP contribution in [0.5, 0.6) is 0 Å². The van der Waals surface area contributed by atoms with Crippen molar-refractivity contribution in [3.63, 3.8) is 0 Å². The quantitative estimate of drug-likeness (QED) is 0.422. The van der Waals surface area contributed by atoms with Gasteiger partial charge in [-0.25, -0.2) is 4.68 Å². The lowest BCUT2D eigenvalue weighted by atomic mass is 9.85. The molecule has 2 heterocycles. The zero-order valence-corrected chi connectivity index (χ0v) is 16.5. The maximum Gasteiger partial charge on any atom is 0.0865 e. The minimum absolute atomic E-state index is 0.187. The summed E-state index contributed by atoms with van der Waals surface area (Å²) in [6.45, 7) is 4.38. The van der Waals surface area contributed by atoms with E-state index in [4.69, 9.17) is 23.2 Å². The average molecular weight is 397 g/mol. The first-order valence-corrected chi connectivity index (χ1v) is 9.51. The van der Waals surface area contributed by atoms with Crippen LogP contribution in [0.15, 0.2) is 60.9 Å². The van der Waals surface area contributed by atoms with Crippen LogP contribution < -0.4 is 0 Å². The van der Waals surface area contributed by atoms with Crippen molar-refractivity contribution in [1.82, 2.24) is 20.0 Å². The predicted molar refractivity (Wildman–Crippen MR) is 110 cm³/mol. The van der Waals surface area contributed by atoms with Gasteiger partial charge in [-0.2, -0.15) is 0 Å². The highest BCUT2D eigenvalue weighted by atomic mass is 35.5. The van der Waals surface area contributed by atoms with E-state index < -0.39 is 0 Å². The summed E-state index contributed by atoms with van der Waals surface area (Å²) in [5, 5.41) is 10.9. The normalized spacial score (nSPS) is 13.6. The Morgan fingerprint density at radius 1 is 0.926 bits per heavy atom. The van der Waals surface area contributed by atoms with Gasteiger partial charge in [0.25, 0.3) is 0 Å². The number of pyridine rings is 1. The standard InChI is InChI=1S/C21H18Cl2N4/c1-13(16-9-10-24-20-6-4-3-5-17(16)20)14(2)21-12-27(26-25-21)15-7-8-18(22)19(23)11-15/h3-14H,1-2H3. The SMILES string of the molecule is CC(c1cn(-c2ccc(Cl)c(Cl)c2)nn1)C(C)c1ccnc2ccccc12. The molecule has 2 aromatic heterocycles. The van der Waals surface area contributed by atoms with E-state index in [2.05, 4.69) is 41.3 Å². The van der Waals surface area contributed by atoms with Crippen molar-refractivity contribution in [2.75, 3.05) is 0 Å². The molecule has 0 radical (unpaired) electrons. The van der Waals surface area contributed by atoms with Crippen molar-refractivity contribution in [2.45, 2.75) is 25.7 Å². The fraction of sp³-hybridized carbons (Fsp3) is 0.190. The third-order valence-electron chi connectivity index (χ3n) is 5.07. The molecule has 2 atom stereocenters. The number of para-hydroxylation sites is 1. The molecule has 2 aromatic carbocycles. The number of hydrogen-bond acceptors (Lipinski definition) is 3. The molecule has 4 rings (SSSR count). The minimum Gasteiger partial charge on any atom is -0.256 e. The number of nitrogens with zero attached hydrogens (tertiary/aromatic N) is 4. The molecule has 6 heteroatoms. The number of benzene rings is 2. The van der Waals surface area contributed by atoms with Gasteiger partial charge in [-0.15, -0.1) is 5.10 Å². The maximum absolute atomic E-state index is 6.12. The zero-order chi connectivity index (χ0) is 19.0. The van der Waals surface area contributed by atoms with Gasteiger partial charge < -0.3 is 0 Å². The van der Waals surface area contributed by atoms with Gasteiger partial charge in [0, 0.05) is 17.5 Å². The van der Waals surface area contributed by atoms with Crippen LogP contribution in [0, 0.1) is 0 Å². The van der Waals surface area contributed by atoms with E-state index in [9.17, 15) is 0 Å². The van der Waals surface area contributed by atoms with Crippen LogP contribution in [-0.2, 0) is 0 Å². The van der Waals surface area contributed by atoms with Gasteiger partial charge >= 0.3 is 0 Å². The van der Waals surface area contributed by atoms with Gasteiger partial charge in [0.2, 0.25) is 0 Å². The summed E-state index contributed by atoms with van der Waals surface area (Å²) in [6, 6.07) is 15.7. The van der Waals surface area contributed by atoms with Crippen LogP contribution in [0.2, 0.25) is 10.0 Å². The highest BCUT2D eigenvalue weighted by molar-refractivity contribution is 6.42. The monoisotopic (exact) mass is 396 g/mol. The lowest BCUT2D eigenvalue weighted by Crippen LogP contribution is -2.06. The first-order valence-electron chi connectivity index (χ1n) is 8.76. The van der Waals surface area contributed by atoms with Gasteiger partial charge in [-0.3, -0.25) is 4.98 Å². The topological polar surface area (TPSA) is 43.6 Å². The lowest BCUT2D eigenvalue weighted by molar-refractivity contribution is 0.609. The van der Waals surface area contributed by atoms with Crippen LogP contribution in [0.4, 0.5) is 0 Å². The van der Waals surface area contributed by atoms with Crippen LogP contribution in [0.1, 0.15) is 36.9 Å². The van der Waals surface area contributed by atoms with E-state index in [0.29, 0.717) is 10.0 Å².